The van der Waals surface area contributed by atoms with Crippen molar-refractivity contribution < 1.29 is 0 Å². The minimum absolute atomic E-state index is 0.357. The van der Waals surface area contributed by atoms with Crippen molar-refractivity contribution in [3.8, 4) is 0 Å². The zero-order valence-corrected chi connectivity index (χ0v) is 31.3. The Morgan fingerprint density at radius 1 is 0.500 bits per heavy atom. The Morgan fingerprint density at radius 3 is 1.22 bits per heavy atom. The van der Waals surface area contributed by atoms with Gasteiger partial charge in [-0.25, -0.2) is 0 Å². The smallest absolute Gasteiger partial charge is 0.0540 e. The van der Waals surface area contributed by atoms with Gasteiger partial charge in [-0.1, -0.05) is 0 Å². The van der Waals surface area contributed by atoms with E-state index in [1.54, 1.807) is 0 Å². The Morgan fingerprint density at radius 2 is 0.844 bits per heavy atom. The highest BCUT2D eigenvalue weighted by Gasteiger charge is 2.20. The summed E-state index contributed by atoms with van der Waals surface area (Å²) in [5, 5.41) is 7.75. The molecule has 0 aliphatic rings. The lowest BCUT2D eigenvalue weighted by Crippen LogP contribution is -2.10. The molecule has 0 aliphatic carbocycles. The first-order chi connectivity index (χ1) is 15.5. The molecule has 194 valence electrons. The average Bonchev–Trinajstić information content (AvgIpc) is 2.73. The first kappa shape index (κ1) is 37.6. The molecule has 0 heterocycles. The maximum atomic E-state index is 4.56. The zero-order valence-electron chi connectivity index (χ0n) is 17.7. The Labute approximate surface area is 272 Å². The van der Waals surface area contributed by atoms with E-state index < -0.39 is 0 Å². The molecular formula is C16H34S16. The van der Waals surface area contributed by atoms with E-state index in [2.05, 4.69) is 106 Å². The number of thiol groups is 6. The molecule has 0 aliphatic heterocycles. The monoisotopic (exact) mass is 738 g/mol. The van der Waals surface area contributed by atoms with Gasteiger partial charge in [0.25, 0.3) is 0 Å². The van der Waals surface area contributed by atoms with E-state index in [0.717, 1.165) is 40.7 Å². The van der Waals surface area contributed by atoms with Crippen molar-refractivity contribution in [1.82, 2.24) is 0 Å². The minimum Gasteiger partial charge on any atom is -0.168 e. The molecule has 0 N–H and O–H groups in total. The first-order valence-corrected chi connectivity index (χ1v) is 23.6. The van der Waals surface area contributed by atoms with Gasteiger partial charge in [-0.2, -0.15) is 75.8 Å². The SMILES string of the molecule is CC(S)SC(CC(SCS)SCSCSCSC(CC(SCS)SCS)SCS)SCS. The highest BCUT2D eigenvalue weighted by atomic mass is 32.3. The Hall–Kier alpha value is 5.60. The van der Waals surface area contributed by atoms with Crippen molar-refractivity contribution in [1.29, 1.82) is 0 Å². The summed E-state index contributed by atoms with van der Waals surface area (Å²) in [6.45, 7) is 2.15. The van der Waals surface area contributed by atoms with Crippen molar-refractivity contribution in [2.45, 2.75) is 42.7 Å². The highest BCUT2D eigenvalue weighted by molar-refractivity contribution is 8.30. The lowest BCUT2D eigenvalue weighted by Gasteiger charge is -2.22. The summed E-state index contributed by atoms with van der Waals surface area (Å²) in [5.74, 6) is 0. The molecule has 0 aromatic heterocycles. The van der Waals surface area contributed by atoms with Crippen LogP contribution in [0.5, 0.6) is 0 Å². The molecule has 0 aromatic rings. The van der Waals surface area contributed by atoms with Crippen LogP contribution >= 0.6 is 193 Å². The van der Waals surface area contributed by atoms with Gasteiger partial charge in [-0.3, -0.25) is 0 Å². The van der Waals surface area contributed by atoms with Gasteiger partial charge in [0.1, 0.15) is 0 Å². The predicted molar refractivity (Wildman–Crippen MR) is 203 cm³/mol. The second kappa shape index (κ2) is 28.1. The summed E-state index contributed by atoms with van der Waals surface area (Å²) in [6.07, 6.45) is 2.34. The molecule has 16 heteroatoms. The van der Waals surface area contributed by atoms with Gasteiger partial charge in [-0.05, 0) is 19.8 Å². The van der Waals surface area contributed by atoms with Gasteiger partial charge < -0.3 is 0 Å². The lowest BCUT2D eigenvalue weighted by molar-refractivity contribution is 1.03. The van der Waals surface area contributed by atoms with Crippen molar-refractivity contribution in [2.24, 2.45) is 0 Å². The van der Waals surface area contributed by atoms with Gasteiger partial charge in [0.05, 0.1) is 18.3 Å². The van der Waals surface area contributed by atoms with Crippen LogP contribution in [-0.2, 0) is 0 Å². The fourth-order valence-electron chi connectivity index (χ4n) is 2.04. The Kier molecular flexibility index (Phi) is 33.1. The van der Waals surface area contributed by atoms with Crippen LogP contribution in [-0.4, -0.2) is 63.6 Å². The van der Waals surface area contributed by atoms with E-state index in [1.165, 1.54) is 12.8 Å². The van der Waals surface area contributed by atoms with Gasteiger partial charge in [-0.15, -0.1) is 118 Å². The largest absolute Gasteiger partial charge is 0.168 e. The minimum atomic E-state index is 0.357. The molecule has 0 radical (unpaired) electrons. The first-order valence-electron chi connectivity index (χ1n) is 9.35. The maximum Gasteiger partial charge on any atom is 0.0540 e. The molecule has 0 saturated heterocycles. The van der Waals surface area contributed by atoms with E-state index in [9.17, 15) is 0 Å². The van der Waals surface area contributed by atoms with E-state index in [1.807, 2.05) is 94.1 Å². The molecule has 4 unspecified atom stereocenters. The van der Waals surface area contributed by atoms with Crippen LogP contribution in [0, 0.1) is 0 Å². The molecule has 32 heavy (non-hydrogen) atoms. The van der Waals surface area contributed by atoms with Crippen LogP contribution in [0.15, 0.2) is 0 Å². The summed E-state index contributed by atoms with van der Waals surface area (Å²) in [4.78, 5) is 0. The van der Waals surface area contributed by atoms with E-state index in [4.69, 9.17) is 0 Å². The third kappa shape index (κ3) is 23.5. The summed E-state index contributed by atoms with van der Waals surface area (Å²) in [5.41, 5.74) is 0. The zero-order chi connectivity index (χ0) is 24.0. The quantitative estimate of drug-likeness (QED) is 0.0320. The lowest BCUT2D eigenvalue weighted by atomic mass is 10.5. The van der Waals surface area contributed by atoms with Crippen LogP contribution in [0.2, 0.25) is 0 Å². The Balaban J connectivity index is 4.17. The molecular weight excluding hydrogens is 705 g/mol. The van der Waals surface area contributed by atoms with Crippen LogP contribution < -0.4 is 0 Å². The normalized spacial score (nSPS) is 15.8. The number of hydrogen-bond acceptors (Lipinski definition) is 16. The fraction of sp³-hybridized carbons (Fsp3) is 1.00. The maximum absolute atomic E-state index is 4.56. The van der Waals surface area contributed by atoms with E-state index >= 15 is 0 Å². The molecule has 4 atom stereocenters. The topological polar surface area (TPSA) is 0 Å². The second-order valence-electron chi connectivity index (χ2n) is 5.50. The van der Waals surface area contributed by atoms with Crippen LogP contribution in [0.3, 0.4) is 0 Å². The van der Waals surface area contributed by atoms with Crippen LogP contribution in [0.25, 0.3) is 0 Å². The highest BCUT2D eigenvalue weighted by Crippen LogP contribution is 2.41. The molecule has 0 rings (SSSR count). The van der Waals surface area contributed by atoms with Crippen molar-refractivity contribution in [3.05, 3.63) is 0 Å². The summed E-state index contributed by atoms with van der Waals surface area (Å²) >= 11 is 46.4. The molecule has 0 bridgehead atoms. The molecule has 0 amide bonds. The number of hydrogen-bond donors (Lipinski definition) is 6. The van der Waals surface area contributed by atoms with Gasteiger partial charge in [0.15, 0.2) is 0 Å². The second-order valence-corrected chi connectivity index (χ2v) is 24.5. The average molecular weight is 740 g/mol. The van der Waals surface area contributed by atoms with Crippen LogP contribution in [0.4, 0.5) is 0 Å². The fourth-order valence-corrected chi connectivity index (χ4v) is 20.0. The van der Waals surface area contributed by atoms with E-state index in [-0.39, 0.29) is 0 Å². The third-order valence-corrected chi connectivity index (χ3v) is 18.4. The van der Waals surface area contributed by atoms with Crippen molar-refractivity contribution in [3.63, 3.8) is 0 Å². The van der Waals surface area contributed by atoms with Crippen molar-refractivity contribution >= 4 is 193 Å². The Bertz CT molecular complexity index is 383. The summed E-state index contributed by atoms with van der Waals surface area (Å²) in [6, 6.07) is 0. The molecule has 0 aromatic carbocycles. The van der Waals surface area contributed by atoms with E-state index in [0.29, 0.717) is 22.9 Å². The van der Waals surface area contributed by atoms with Crippen LogP contribution in [0.1, 0.15) is 19.8 Å². The van der Waals surface area contributed by atoms with Gasteiger partial charge >= 0.3 is 0 Å². The molecule has 0 saturated carbocycles. The number of thioether (sulfide) groups is 10. The summed E-state index contributed by atoms with van der Waals surface area (Å²) in [7, 11) is 0. The predicted octanol–water partition coefficient (Wildman–Crippen LogP) is 9.99. The van der Waals surface area contributed by atoms with Gasteiger partial charge in [0, 0.05) is 45.3 Å². The van der Waals surface area contributed by atoms with Gasteiger partial charge in [0.2, 0.25) is 0 Å². The third-order valence-electron chi connectivity index (χ3n) is 3.26. The molecule has 0 fully saturated rings. The van der Waals surface area contributed by atoms with Crippen molar-refractivity contribution in [2.75, 3.05) is 40.7 Å². The molecule has 0 nitrogen and oxygen atoms in total. The summed E-state index contributed by atoms with van der Waals surface area (Å²) < 4.78 is 2.65. The standard InChI is InChI=1S/C16H34S16/c1-12(22)32-16(29-8-21)3-15(28-7-20)31-11-24-9-23-10-30-14(27-6-19)2-13(25-4-17)26-5-18/h12-22H,2-11H2,1H3. The molecule has 0 spiro atoms. The number of rotatable bonds is 24.